The van der Waals surface area contributed by atoms with Gasteiger partial charge in [0, 0.05) is 19.6 Å². The number of urea groups is 1. The van der Waals surface area contributed by atoms with Gasteiger partial charge in [0.1, 0.15) is 11.6 Å². The second kappa shape index (κ2) is 3.95. The zero-order chi connectivity index (χ0) is 13.8. The molecule has 3 fully saturated rings. The summed E-state index contributed by atoms with van der Waals surface area (Å²) in [4.78, 5) is 41.7. The average molecular weight is 265 g/mol. The highest BCUT2D eigenvalue weighted by atomic mass is 16.2. The van der Waals surface area contributed by atoms with Crippen LogP contribution in [-0.4, -0.2) is 63.8 Å². The molecule has 3 saturated heterocycles. The van der Waals surface area contributed by atoms with Crippen LogP contribution in [0, 0.1) is 0 Å². The maximum absolute atomic E-state index is 12.5. The molecule has 0 bridgehead atoms. The van der Waals surface area contributed by atoms with Crippen molar-refractivity contribution in [2.45, 2.75) is 44.7 Å². The summed E-state index contributed by atoms with van der Waals surface area (Å²) in [7, 11) is 0. The molecule has 0 radical (unpaired) electrons. The van der Waals surface area contributed by atoms with Crippen molar-refractivity contribution in [3.8, 4) is 0 Å². The molecule has 0 aromatic carbocycles. The Kier molecular flexibility index (Phi) is 2.59. The molecule has 0 unspecified atom stereocenters. The number of hydrogen-bond acceptors (Lipinski definition) is 3. The number of likely N-dealkylation sites (N-methyl/N-ethyl adjacent to an activating group) is 1. The van der Waals surface area contributed by atoms with Gasteiger partial charge in [-0.3, -0.25) is 9.59 Å². The zero-order valence-electron chi connectivity index (χ0n) is 11.4. The Labute approximate surface area is 112 Å². The van der Waals surface area contributed by atoms with Crippen LogP contribution in [0.5, 0.6) is 0 Å². The summed E-state index contributed by atoms with van der Waals surface area (Å²) in [5.41, 5.74) is -0.711. The second-order valence-electron chi connectivity index (χ2n) is 5.71. The Morgan fingerprint density at radius 1 is 1.26 bits per heavy atom. The fraction of sp³-hybridized carbons (Fsp3) is 0.769. The molecule has 3 heterocycles. The first-order valence-corrected chi connectivity index (χ1v) is 6.94. The van der Waals surface area contributed by atoms with Gasteiger partial charge < -0.3 is 9.80 Å². The lowest BCUT2D eigenvalue weighted by atomic mass is 9.99. The van der Waals surface area contributed by atoms with Crippen LogP contribution < -0.4 is 0 Å². The van der Waals surface area contributed by atoms with E-state index in [1.54, 1.807) is 9.80 Å². The first-order valence-electron chi connectivity index (χ1n) is 6.94. The Balaban J connectivity index is 1.89. The number of carbonyl (C=O) groups excluding carboxylic acids is 3. The number of fused-ring (bicyclic) bond motifs is 1. The highest BCUT2D eigenvalue weighted by Gasteiger charge is 2.59. The first-order chi connectivity index (χ1) is 9.00. The van der Waals surface area contributed by atoms with E-state index in [1.165, 1.54) is 4.90 Å². The number of imide groups is 1. The maximum Gasteiger partial charge on any atom is 0.328 e. The highest BCUT2D eigenvalue weighted by molar-refractivity contribution is 6.10. The zero-order valence-corrected chi connectivity index (χ0v) is 11.4. The van der Waals surface area contributed by atoms with E-state index in [2.05, 4.69) is 0 Å². The molecule has 104 valence electrons. The van der Waals surface area contributed by atoms with Gasteiger partial charge >= 0.3 is 6.03 Å². The quantitative estimate of drug-likeness (QED) is 0.680. The molecule has 3 aliphatic rings. The van der Waals surface area contributed by atoms with Crippen LogP contribution in [0.3, 0.4) is 0 Å². The van der Waals surface area contributed by atoms with E-state index in [1.807, 2.05) is 13.8 Å². The summed E-state index contributed by atoms with van der Waals surface area (Å²) < 4.78 is 0. The van der Waals surface area contributed by atoms with Crippen molar-refractivity contribution in [3.63, 3.8) is 0 Å². The Morgan fingerprint density at radius 2 is 2.00 bits per heavy atom. The lowest BCUT2D eigenvalue weighted by Gasteiger charge is -2.22. The van der Waals surface area contributed by atoms with Gasteiger partial charge in [0.25, 0.3) is 5.91 Å². The van der Waals surface area contributed by atoms with Crippen molar-refractivity contribution in [1.82, 2.24) is 14.7 Å². The second-order valence-corrected chi connectivity index (χ2v) is 5.71. The van der Waals surface area contributed by atoms with Crippen LogP contribution in [0.25, 0.3) is 0 Å². The monoisotopic (exact) mass is 265 g/mol. The molecule has 4 amide bonds. The predicted octanol–water partition coefficient (Wildman–Crippen LogP) is 0.424. The molecule has 0 N–H and O–H groups in total. The number of amides is 4. The van der Waals surface area contributed by atoms with Crippen LogP contribution in [0.4, 0.5) is 4.79 Å². The molecular formula is C13H19N3O3. The van der Waals surface area contributed by atoms with E-state index in [4.69, 9.17) is 0 Å². The molecule has 0 aliphatic carbocycles. The smallest absolute Gasteiger partial charge is 0.328 e. The van der Waals surface area contributed by atoms with E-state index in [-0.39, 0.29) is 17.8 Å². The molecule has 6 nitrogen and oxygen atoms in total. The molecule has 0 saturated carbocycles. The highest BCUT2D eigenvalue weighted by Crippen LogP contribution is 2.39. The molecule has 19 heavy (non-hydrogen) atoms. The van der Waals surface area contributed by atoms with Gasteiger partial charge in [-0.05, 0) is 33.1 Å². The molecular weight excluding hydrogens is 246 g/mol. The molecule has 6 heteroatoms. The Bertz CT molecular complexity index is 464. The minimum atomic E-state index is -0.711. The lowest BCUT2D eigenvalue weighted by molar-refractivity contribution is -0.140. The van der Waals surface area contributed by atoms with Crippen molar-refractivity contribution in [2.24, 2.45) is 0 Å². The Morgan fingerprint density at radius 3 is 2.58 bits per heavy atom. The summed E-state index contributed by atoms with van der Waals surface area (Å²) in [5.74, 6) is -0.278. The summed E-state index contributed by atoms with van der Waals surface area (Å²) in [6.45, 7) is 5.61. The van der Waals surface area contributed by atoms with Gasteiger partial charge in [-0.25, -0.2) is 9.69 Å². The van der Waals surface area contributed by atoms with E-state index in [0.717, 1.165) is 6.42 Å². The topological polar surface area (TPSA) is 60.9 Å². The van der Waals surface area contributed by atoms with Crippen LogP contribution in [0.15, 0.2) is 0 Å². The van der Waals surface area contributed by atoms with Gasteiger partial charge in [0.05, 0.1) is 0 Å². The third kappa shape index (κ3) is 1.45. The number of rotatable bonds is 2. The fourth-order valence-corrected chi connectivity index (χ4v) is 3.52. The van der Waals surface area contributed by atoms with E-state index < -0.39 is 11.6 Å². The van der Waals surface area contributed by atoms with Gasteiger partial charge in [-0.1, -0.05) is 0 Å². The lowest BCUT2D eigenvalue weighted by Crippen LogP contribution is -2.47. The van der Waals surface area contributed by atoms with Crippen molar-refractivity contribution < 1.29 is 14.4 Å². The third-order valence-corrected chi connectivity index (χ3v) is 4.72. The number of hydrogen-bond donors (Lipinski definition) is 0. The molecule has 0 aromatic heterocycles. The normalized spacial score (nSPS) is 34.7. The molecule has 0 spiro atoms. The maximum atomic E-state index is 12.5. The number of likely N-dealkylation sites (tertiary alicyclic amines) is 1. The minimum absolute atomic E-state index is 0.0889. The van der Waals surface area contributed by atoms with Gasteiger partial charge in [0.15, 0.2) is 0 Å². The fourth-order valence-electron chi connectivity index (χ4n) is 3.52. The molecule has 3 rings (SSSR count). The number of nitrogens with zero attached hydrogens (tertiary/aromatic N) is 3. The summed E-state index contributed by atoms with van der Waals surface area (Å²) in [5, 5.41) is 0. The van der Waals surface area contributed by atoms with Crippen molar-refractivity contribution in [2.75, 3.05) is 19.6 Å². The van der Waals surface area contributed by atoms with E-state index >= 15 is 0 Å². The van der Waals surface area contributed by atoms with Crippen LogP contribution in [0.1, 0.15) is 33.1 Å². The van der Waals surface area contributed by atoms with Crippen LogP contribution >= 0.6 is 0 Å². The van der Waals surface area contributed by atoms with E-state index in [9.17, 15) is 14.4 Å². The summed E-state index contributed by atoms with van der Waals surface area (Å²) >= 11 is 0. The van der Waals surface area contributed by atoms with Gasteiger partial charge in [-0.2, -0.15) is 0 Å². The molecule has 3 aliphatic heterocycles. The molecule has 0 aromatic rings. The number of carbonyl (C=O) groups is 3. The molecule has 2 atom stereocenters. The standard InChI is InChI=1S/C13H19N3O3/c1-3-14-8-5-9(10(14)17)16-11(18)13(2)6-4-7-15(13)12(16)19/h9H,3-8H2,1-2H3/t9-,13+/m1/s1. The van der Waals surface area contributed by atoms with Crippen molar-refractivity contribution in [3.05, 3.63) is 0 Å². The largest absolute Gasteiger partial charge is 0.341 e. The van der Waals surface area contributed by atoms with Crippen molar-refractivity contribution in [1.29, 1.82) is 0 Å². The van der Waals surface area contributed by atoms with E-state index in [0.29, 0.717) is 32.5 Å². The van der Waals surface area contributed by atoms with Crippen molar-refractivity contribution >= 4 is 17.8 Å². The predicted molar refractivity (Wildman–Crippen MR) is 67.2 cm³/mol. The third-order valence-electron chi connectivity index (χ3n) is 4.72. The summed E-state index contributed by atoms with van der Waals surface area (Å²) in [6.07, 6.45) is 2.13. The minimum Gasteiger partial charge on any atom is -0.341 e. The summed E-state index contributed by atoms with van der Waals surface area (Å²) in [6, 6.07) is -0.858. The first kappa shape index (κ1) is 12.4. The Hall–Kier alpha value is -1.59. The van der Waals surface area contributed by atoms with Crippen LogP contribution in [-0.2, 0) is 9.59 Å². The van der Waals surface area contributed by atoms with Gasteiger partial charge in [0.2, 0.25) is 5.91 Å². The van der Waals surface area contributed by atoms with Gasteiger partial charge in [-0.15, -0.1) is 0 Å². The average Bonchev–Trinajstić information content (AvgIpc) is 2.98. The SMILES string of the molecule is CCN1CC[C@@H](N2C(=O)N3CCC[C@@]3(C)C2=O)C1=O. The van der Waals surface area contributed by atoms with Crippen LogP contribution in [0.2, 0.25) is 0 Å².